The number of nitrogens with one attached hydrogen (secondary N) is 2. The molecule has 0 unspecified atom stereocenters. The summed E-state index contributed by atoms with van der Waals surface area (Å²) in [5, 5.41) is 7.43. The molecule has 0 saturated heterocycles. The normalized spacial score (nSPS) is 11.2. The van der Waals surface area contributed by atoms with Crippen molar-refractivity contribution in [3.05, 3.63) is 136 Å². The fraction of sp³-hybridized carbons (Fsp3) is 0.0938. The van der Waals surface area contributed by atoms with Crippen LogP contribution in [-0.2, 0) is 11.4 Å². The number of carbonyl (C=O) groups excluding carboxylic acids is 2. The Morgan fingerprint density at radius 2 is 1.50 bits per heavy atom. The van der Waals surface area contributed by atoms with Gasteiger partial charge >= 0.3 is 0 Å². The van der Waals surface area contributed by atoms with Gasteiger partial charge in [-0.1, -0.05) is 60.1 Å². The molecule has 2 amide bonds. The van der Waals surface area contributed by atoms with E-state index in [2.05, 4.69) is 15.8 Å². The van der Waals surface area contributed by atoms with Crippen LogP contribution in [0.2, 0.25) is 5.02 Å². The fourth-order valence-electron chi connectivity index (χ4n) is 3.63. The van der Waals surface area contributed by atoms with Gasteiger partial charge in [0.05, 0.1) is 6.21 Å². The molecule has 4 rings (SSSR count). The molecule has 0 aliphatic carbocycles. The van der Waals surface area contributed by atoms with E-state index in [1.54, 1.807) is 30.3 Å². The molecule has 0 spiro atoms. The van der Waals surface area contributed by atoms with Gasteiger partial charge in [0.15, 0.2) is 0 Å². The SMILES string of the molecule is CN(C)c1ccc(C=C(NC(=O)c2ccccc2)C(=O)NN=Cc2ccc(OCc3ccccc3Cl)cc2)cc1. The molecule has 2 N–H and O–H groups in total. The van der Waals surface area contributed by atoms with Crippen molar-refractivity contribution in [3.8, 4) is 5.75 Å². The summed E-state index contributed by atoms with van der Waals surface area (Å²) in [4.78, 5) is 27.8. The van der Waals surface area contributed by atoms with Gasteiger partial charge in [-0.25, -0.2) is 5.43 Å². The highest BCUT2D eigenvalue weighted by molar-refractivity contribution is 6.31. The van der Waals surface area contributed by atoms with Crippen LogP contribution in [0.3, 0.4) is 0 Å². The lowest BCUT2D eigenvalue weighted by molar-refractivity contribution is -0.117. The first-order chi connectivity index (χ1) is 19.4. The maximum atomic E-state index is 13.0. The van der Waals surface area contributed by atoms with Gasteiger partial charge < -0.3 is 15.0 Å². The molecule has 0 aliphatic heterocycles. The molecule has 202 valence electrons. The number of hydrogen-bond donors (Lipinski definition) is 2. The minimum atomic E-state index is -0.558. The number of benzene rings is 4. The average Bonchev–Trinajstić information content (AvgIpc) is 2.97. The van der Waals surface area contributed by atoms with Crippen LogP contribution < -0.4 is 20.4 Å². The summed E-state index contributed by atoms with van der Waals surface area (Å²) in [6, 6.07) is 31.1. The lowest BCUT2D eigenvalue weighted by Crippen LogP contribution is -2.32. The molecule has 0 heterocycles. The van der Waals surface area contributed by atoms with Crippen molar-refractivity contribution in [3.63, 3.8) is 0 Å². The predicted octanol–water partition coefficient (Wildman–Crippen LogP) is 5.91. The van der Waals surface area contributed by atoms with Gasteiger partial charge in [-0.05, 0) is 71.8 Å². The summed E-state index contributed by atoms with van der Waals surface area (Å²) in [5.74, 6) is -0.282. The molecular weight excluding hydrogens is 524 g/mol. The van der Waals surface area contributed by atoms with Crippen molar-refractivity contribution in [1.29, 1.82) is 0 Å². The molecule has 0 fully saturated rings. The Labute approximate surface area is 238 Å². The minimum absolute atomic E-state index is 0.0620. The highest BCUT2D eigenvalue weighted by atomic mass is 35.5. The quantitative estimate of drug-likeness (QED) is 0.146. The summed E-state index contributed by atoms with van der Waals surface area (Å²) >= 11 is 6.18. The van der Waals surface area contributed by atoms with E-state index in [-0.39, 0.29) is 5.70 Å². The van der Waals surface area contributed by atoms with Crippen molar-refractivity contribution in [2.75, 3.05) is 19.0 Å². The van der Waals surface area contributed by atoms with Crippen molar-refractivity contribution < 1.29 is 14.3 Å². The van der Waals surface area contributed by atoms with Gasteiger partial charge in [0.1, 0.15) is 18.1 Å². The Kier molecular flexibility index (Phi) is 9.69. The summed E-state index contributed by atoms with van der Waals surface area (Å²) in [5.41, 5.74) is 6.41. The number of nitrogens with zero attached hydrogens (tertiary/aromatic N) is 2. The number of hydrazone groups is 1. The van der Waals surface area contributed by atoms with E-state index in [4.69, 9.17) is 16.3 Å². The van der Waals surface area contributed by atoms with E-state index in [1.807, 2.05) is 97.9 Å². The van der Waals surface area contributed by atoms with Crippen LogP contribution in [0.15, 0.2) is 114 Å². The van der Waals surface area contributed by atoms with E-state index >= 15 is 0 Å². The number of rotatable bonds is 10. The van der Waals surface area contributed by atoms with Gasteiger partial charge in [0.25, 0.3) is 11.8 Å². The number of hydrogen-bond acceptors (Lipinski definition) is 5. The molecule has 8 heteroatoms. The molecule has 4 aromatic rings. The third kappa shape index (κ3) is 8.06. The number of anilines is 1. The standard InChI is InChI=1S/C32H29ClN4O3/c1-37(2)27-16-12-23(13-17-27)20-30(35-31(38)25-8-4-3-5-9-25)32(39)36-34-21-24-14-18-28(19-15-24)40-22-26-10-6-7-11-29(26)33/h3-21H,22H2,1-2H3,(H,35,38)(H,36,39). The molecular formula is C32H29ClN4O3. The van der Waals surface area contributed by atoms with Crippen molar-refractivity contribution >= 4 is 41.4 Å². The lowest BCUT2D eigenvalue weighted by atomic mass is 10.1. The number of carbonyl (C=O) groups is 2. The predicted molar refractivity (Wildman–Crippen MR) is 161 cm³/mol. The van der Waals surface area contributed by atoms with E-state index in [0.29, 0.717) is 22.9 Å². The summed E-state index contributed by atoms with van der Waals surface area (Å²) < 4.78 is 5.80. The number of halogens is 1. The number of amides is 2. The third-order valence-electron chi connectivity index (χ3n) is 5.86. The van der Waals surface area contributed by atoms with Crippen LogP contribution in [0, 0.1) is 0 Å². The zero-order chi connectivity index (χ0) is 28.3. The van der Waals surface area contributed by atoms with Crippen LogP contribution in [0.1, 0.15) is 27.0 Å². The third-order valence-corrected chi connectivity index (χ3v) is 6.23. The molecule has 0 atom stereocenters. The second-order valence-corrected chi connectivity index (χ2v) is 9.42. The Hall–Kier alpha value is -4.88. The molecule has 0 saturated carbocycles. The highest BCUT2D eigenvalue weighted by Crippen LogP contribution is 2.19. The topological polar surface area (TPSA) is 83.0 Å². The van der Waals surface area contributed by atoms with Crippen LogP contribution in [0.5, 0.6) is 5.75 Å². The van der Waals surface area contributed by atoms with Crippen molar-refractivity contribution in [2.24, 2.45) is 5.10 Å². The Bertz CT molecular complexity index is 1500. The maximum absolute atomic E-state index is 13.0. The largest absolute Gasteiger partial charge is 0.489 e. The molecule has 40 heavy (non-hydrogen) atoms. The van der Waals surface area contributed by atoms with E-state index in [9.17, 15) is 9.59 Å². The summed E-state index contributed by atoms with van der Waals surface area (Å²) in [6.07, 6.45) is 3.12. The first-order valence-corrected chi connectivity index (χ1v) is 12.9. The Balaban J connectivity index is 1.42. The highest BCUT2D eigenvalue weighted by Gasteiger charge is 2.14. The molecule has 7 nitrogen and oxygen atoms in total. The molecule has 0 radical (unpaired) electrons. The lowest BCUT2D eigenvalue weighted by Gasteiger charge is -2.12. The van der Waals surface area contributed by atoms with Crippen molar-refractivity contribution in [2.45, 2.75) is 6.61 Å². The zero-order valence-corrected chi connectivity index (χ0v) is 22.9. The van der Waals surface area contributed by atoms with Gasteiger partial charge in [-0.3, -0.25) is 9.59 Å². The first-order valence-electron chi connectivity index (χ1n) is 12.5. The van der Waals surface area contributed by atoms with Gasteiger partial charge in [0, 0.05) is 35.9 Å². The first kappa shape index (κ1) is 28.1. The Morgan fingerprint density at radius 1 is 0.850 bits per heavy atom. The number of ether oxygens (including phenoxy) is 1. The average molecular weight is 553 g/mol. The van der Waals surface area contributed by atoms with Gasteiger partial charge in [-0.2, -0.15) is 5.10 Å². The van der Waals surface area contributed by atoms with E-state index in [1.165, 1.54) is 6.21 Å². The summed E-state index contributed by atoms with van der Waals surface area (Å²) in [7, 11) is 3.90. The van der Waals surface area contributed by atoms with Crippen molar-refractivity contribution in [1.82, 2.24) is 10.7 Å². The van der Waals surface area contributed by atoms with Crippen LogP contribution in [0.25, 0.3) is 6.08 Å². The van der Waals surface area contributed by atoms with E-state index < -0.39 is 11.8 Å². The molecule has 4 aromatic carbocycles. The molecule has 0 bridgehead atoms. The van der Waals surface area contributed by atoms with Gasteiger partial charge in [-0.15, -0.1) is 0 Å². The Morgan fingerprint density at radius 3 is 2.17 bits per heavy atom. The zero-order valence-electron chi connectivity index (χ0n) is 22.2. The minimum Gasteiger partial charge on any atom is -0.489 e. The van der Waals surface area contributed by atoms with Crippen LogP contribution in [0.4, 0.5) is 5.69 Å². The summed E-state index contributed by atoms with van der Waals surface area (Å²) in [6.45, 7) is 0.352. The maximum Gasteiger partial charge on any atom is 0.287 e. The monoisotopic (exact) mass is 552 g/mol. The molecule has 0 aliphatic rings. The molecule has 0 aromatic heterocycles. The fourth-order valence-corrected chi connectivity index (χ4v) is 3.82. The van der Waals surface area contributed by atoms with Crippen LogP contribution in [-0.4, -0.2) is 32.1 Å². The second kappa shape index (κ2) is 13.8. The van der Waals surface area contributed by atoms with E-state index in [0.717, 1.165) is 22.4 Å². The van der Waals surface area contributed by atoms with Crippen LogP contribution >= 0.6 is 11.6 Å². The second-order valence-electron chi connectivity index (χ2n) is 9.01. The van der Waals surface area contributed by atoms with Gasteiger partial charge in [0.2, 0.25) is 0 Å². The smallest absolute Gasteiger partial charge is 0.287 e.